The second-order valence-electron chi connectivity index (χ2n) is 8.32. The molecule has 0 atom stereocenters. The normalized spacial score (nSPS) is 15.2. The van der Waals surface area contributed by atoms with Gasteiger partial charge in [-0.1, -0.05) is 6.07 Å². The molecule has 2 amide bonds. The van der Waals surface area contributed by atoms with Crippen LogP contribution in [0.3, 0.4) is 0 Å². The zero-order chi connectivity index (χ0) is 22.2. The molecule has 1 aliphatic heterocycles. The van der Waals surface area contributed by atoms with Gasteiger partial charge in [0.1, 0.15) is 5.75 Å². The standard InChI is InChI=1S/C25H25N3O3S/c1-27(23(29)16-7-10-20(31-2)11-8-16)25-26-21(15-32-25)18-9-12-22-19(14-18)4-3-13-28(22)24(30)17-5-6-17/h7-12,14-15,17H,3-6,13H2,1-2H3. The van der Waals surface area contributed by atoms with Crippen LogP contribution in [0.2, 0.25) is 0 Å². The summed E-state index contributed by atoms with van der Waals surface area (Å²) in [6.07, 6.45) is 3.99. The summed E-state index contributed by atoms with van der Waals surface area (Å²) in [5, 5.41) is 2.62. The monoisotopic (exact) mass is 447 g/mol. The van der Waals surface area contributed by atoms with E-state index in [9.17, 15) is 9.59 Å². The molecule has 7 heteroatoms. The summed E-state index contributed by atoms with van der Waals surface area (Å²) in [4.78, 5) is 33.8. The molecule has 6 nitrogen and oxygen atoms in total. The number of fused-ring (bicyclic) bond motifs is 1. The van der Waals surface area contributed by atoms with Crippen molar-refractivity contribution >= 4 is 34.0 Å². The van der Waals surface area contributed by atoms with Gasteiger partial charge in [-0.15, -0.1) is 11.3 Å². The molecule has 0 radical (unpaired) electrons. The van der Waals surface area contributed by atoms with E-state index in [2.05, 4.69) is 12.1 Å². The van der Waals surface area contributed by atoms with Gasteiger partial charge in [0.05, 0.1) is 12.8 Å². The number of benzene rings is 2. The molecule has 0 spiro atoms. The van der Waals surface area contributed by atoms with E-state index in [1.807, 2.05) is 16.3 Å². The lowest BCUT2D eigenvalue weighted by Crippen LogP contribution is -2.36. The van der Waals surface area contributed by atoms with Gasteiger partial charge >= 0.3 is 0 Å². The van der Waals surface area contributed by atoms with Crippen molar-refractivity contribution in [3.63, 3.8) is 0 Å². The number of hydrogen-bond acceptors (Lipinski definition) is 5. The van der Waals surface area contributed by atoms with Gasteiger partial charge in [0.15, 0.2) is 5.13 Å². The van der Waals surface area contributed by atoms with Gasteiger partial charge in [-0.05, 0) is 67.6 Å². The highest BCUT2D eigenvalue weighted by Gasteiger charge is 2.35. The Bertz CT molecular complexity index is 1170. The Morgan fingerprint density at radius 3 is 2.66 bits per heavy atom. The van der Waals surface area contributed by atoms with Gasteiger partial charge in [0.2, 0.25) is 5.91 Å². The first-order chi connectivity index (χ1) is 15.5. The number of carbonyl (C=O) groups is 2. The fraction of sp³-hybridized carbons (Fsp3) is 0.320. The van der Waals surface area contributed by atoms with E-state index in [1.54, 1.807) is 43.3 Å². The fourth-order valence-electron chi connectivity index (χ4n) is 4.10. The number of hydrogen-bond donors (Lipinski definition) is 0. The number of ether oxygens (including phenoxy) is 1. The Labute approximate surface area is 191 Å². The molecule has 1 aliphatic carbocycles. The maximum Gasteiger partial charge on any atom is 0.259 e. The number of rotatable bonds is 5. The molecule has 1 aromatic heterocycles. The molecule has 3 aromatic rings. The van der Waals surface area contributed by atoms with E-state index in [0.29, 0.717) is 16.4 Å². The molecular weight excluding hydrogens is 422 g/mol. The summed E-state index contributed by atoms with van der Waals surface area (Å²) in [6, 6.07) is 13.3. The number of amides is 2. The van der Waals surface area contributed by atoms with E-state index >= 15 is 0 Å². The second-order valence-corrected chi connectivity index (χ2v) is 9.16. The topological polar surface area (TPSA) is 62.7 Å². The molecule has 2 heterocycles. The summed E-state index contributed by atoms with van der Waals surface area (Å²) >= 11 is 1.44. The second kappa shape index (κ2) is 8.39. The first-order valence-electron chi connectivity index (χ1n) is 10.9. The highest BCUT2D eigenvalue weighted by atomic mass is 32.1. The molecule has 164 valence electrons. The minimum Gasteiger partial charge on any atom is -0.497 e. The van der Waals surface area contributed by atoms with Gasteiger partial charge in [-0.25, -0.2) is 4.98 Å². The molecule has 2 aromatic carbocycles. The van der Waals surface area contributed by atoms with Gasteiger partial charge < -0.3 is 9.64 Å². The van der Waals surface area contributed by atoms with Crippen molar-refractivity contribution in [2.75, 3.05) is 30.5 Å². The highest BCUT2D eigenvalue weighted by molar-refractivity contribution is 7.14. The van der Waals surface area contributed by atoms with Crippen LogP contribution in [0.1, 0.15) is 35.2 Å². The third-order valence-electron chi connectivity index (χ3n) is 6.11. The smallest absolute Gasteiger partial charge is 0.259 e. The van der Waals surface area contributed by atoms with E-state index in [0.717, 1.165) is 49.2 Å². The first kappa shape index (κ1) is 20.7. The van der Waals surface area contributed by atoms with Crippen LogP contribution in [0, 0.1) is 5.92 Å². The van der Waals surface area contributed by atoms with Crippen LogP contribution in [-0.4, -0.2) is 37.5 Å². The van der Waals surface area contributed by atoms with Crippen LogP contribution in [-0.2, 0) is 11.2 Å². The predicted molar refractivity (Wildman–Crippen MR) is 127 cm³/mol. The minimum atomic E-state index is -0.117. The molecule has 0 N–H and O–H groups in total. The third-order valence-corrected chi connectivity index (χ3v) is 7.02. The van der Waals surface area contributed by atoms with Crippen molar-refractivity contribution in [1.82, 2.24) is 4.98 Å². The number of carbonyl (C=O) groups excluding carboxylic acids is 2. The molecule has 32 heavy (non-hydrogen) atoms. The van der Waals surface area contributed by atoms with E-state index in [-0.39, 0.29) is 17.7 Å². The van der Waals surface area contributed by atoms with Crippen LogP contribution >= 0.6 is 11.3 Å². The summed E-state index contributed by atoms with van der Waals surface area (Å²) in [5.41, 5.74) is 4.67. The summed E-state index contributed by atoms with van der Waals surface area (Å²) in [6.45, 7) is 0.806. The SMILES string of the molecule is COc1ccc(C(=O)N(C)c2nc(-c3ccc4c(c3)CCCN4C(=O)C3CC3)cs2)cc1. The summed E-state index contributed by atoms with van der Waals surface area (Å²) in [5.74, 6) is 1.09. The lowest BCUT2D eigenvalue weighted by atomic mass is 9.98. The van der Waals surface area contributed by atoms with Gasteiger partial charge in [0.25, 0.3) is 5.91 Å². The molecule has 0 saturated heterocycles. The van der Waals surface area contributed by atoms with Crippen LogP contribution < -0.4 is 14.5 Å². The largest absolute Gasteiger partial charge is 0.497 e. The van der Waals surface area contributed by atoms with Gasteiger partial charge in [-0.3, -0.25) is 14.5 Å². The average molecular weight is 448 g/mol. The fourth-order valence-corrected chi connectivity index (χ4v) is 4.90. The number of methoxy groups -OCH3 is 1. The van der Waals surface area contributed by atoms with E-state index in [1.165, 1.54) is 16.9 Å². The summed E-state index contributed by atoms with van der Waals surface area (Å²) < 4.78 is 5.16. The van der Waals surface area contributed by atoms with Crippen molar-refractivity contribution in [2.45, 2.75) is 25.7 Å². The molecule has 0 unspecified atom stereocenters. The molecule has 5 rings (SSSR count). The van der Waals surface area contributed by atoms with Crippen LogP contribution in [0.15, 0.2) is 47.8 Å². The van der Waals surface area contributed by atoms with Crippen molar-refractivity contribution in [3.8, 4) is 17.0 Å². The summed E-state index contributed by atoms with van der Waals surface area (Å²) in [7, 11) is 3.34. The zero-order valence-corrected chi connectivity index (χ0v) is 19.0. The maximum atomic E-state index is 12.9. The number of anilines is 2. The Kier molecular flexibility index (Phi) is 5.43. The highest BCUT2D eigenvalue weighted by Crippen LogP contribution is 2.38. The molecule has 2 aliphatic rings. The molecule has 1 saturated carbocycles. The minimum absolute atomic E-state index is 0.117. The lowest BCUT2D eigenvalue weighted by Gasteiger charge is -2.30. The van der Waals surface area contributed by atoms with Crippen molar-refractivity contribution in [2.24, 2.45) is 5.92 Å². The predicted octanol–water partition coefficient (Wildman–Crippen LogP) is 4.78. The van der Waals surface area contributed by atoms with Gasteiger partial charge in [-0.2, -0.15) is 0 Å². The van der Waals surface area contributed by atoms with Crippen LogP contribution in [0.25, 0.3) is 11.3 Å². The van der Waals surface area contributed by atoms with Gasteiger partial charge in [0, 0.05) is 41.7 Å². The van der Waals surface area contributed by atoms with E-state index < -0.39 is 0 Å². The average Bonchev–Trinajstić information content (AvgIpc) is 3.58. The number of thiazole rings is 1. The van der Waals surface area contributed by atoms with Crippen molar-refractivity contribution in [3.05, 3.63) is 59.0 Å². The number of aryl methyl sites for hydroxylation is 1. The Morgan fingerprint density at radius 1 is 1.16 bits per heavy atom. The first-order valence-corrected chi connectivity index (χ1v) is 11.8. The van der Waals surface area contributed by atoms with Crippen LogP contribution in [0.5, 0.6) is 5.75 Å². The molecule has 0 bridgehead atoms. The maximum absolute atomic E-state index is 12.9. The lowest BCUT2D eigenvalue weighted by molar-refractivity contribution is -0.119. The number of nitrogens with zero attached hydrogens (tertiary/aromatic N) is 3. The van der Waals surface area contributed by atoms with Crippen LogP contribution in [0.4, 0.5) is 10.8 Å². The molecular formula is C25H25N3O3S. The zero-order valence-electron chi connectivity index (χ0n) is 18.2. The Hall–Kier alpha value is -3.19. The number of aromatic nitrogens is 1. The Balaban J connectivity index is 1.36. The Morgan fingerprint density at radius 2 is 1.94 bits per heavy atom. The van der Waals surface area contributed by atoms with Crippen molar-refractivity contribution < 1.29 is 14.3 Å². The third kappa shape index (κ3) is 3.88. The van der Waals surface area contributed by atoms with E-state index in [4.69, 9.17) is 9.72 Å². The van der Waals surface area contributed by atoms with Crippen molar-refractivity contribution in [1.29, 1.82) is 0 Å². The molecule has 1 fully saturated rings. The quantitative estimate of drug-likeness (QED) is 0.564.